The molecule has 3 heteroatoms. The van der Waals surface area contributed by atoms with Crippen molar-refractivity contribution >= 4 is 0 Å². The zero-order chi connectivity index (χ0) is 8.10. The maximum absolute atomic E-state index is 8.77. The molecule has 1 aromatic rings. The molecule has 0 unspecified atom stereocenters. The van der Waals surface area contributed by atoms with Crippen molar-refractivity contribution in [2.45, 2.75) is 19.6 Å². The molecule has 0 saturated carbocycles. The molecular weight excluding hydrogens is 140 g/mol. The number of aliphatic hydroxyl groups is 1. The highest BCUT2D eigenvalue weighted by Crippen LogP contribution is 1.97. The summed E-state index contributed by atoms with van der Waals surface area (Å²) >= 11 is 0. The molecule has 0 bridgehead atoms. The number of imidazole rings is 1. The molecular formula is C8H10N2O. The first kappa shape index (κ1) is 7.83. The Morgan fingerprint density at radius 1 is 1.73 bits per heavy atom. The zero-order valence-corrected chi connectivity index (χ0v) is 6.20. The number of terminal acetylenes is 1. The van der Waals surface area contributed by atoms with Gasteiger partial charge in [0.2, 0.25) is 0 Å². The number of nitrogens with zero attached hydrogens (tertiary/aromatic N) is 2. The van der Waals surface area contributed by atoms with Crippen molar-refractivity contribution in [2.75, 3.05) is 0 Å². The van der Waals surface area contributed by atoms with Crippen molar-refractivity contribution in [3.8, 4) is 12.3 Å². The molecule has 1 N–H and O–H groups in total. The lowest BCUT2D eigenvalue weighted by Crippen LogP contribution is -2.01. The van der Waals surface area contributed by atoms with E-state index < -0.39 is 0 Å². The van der Waals surface area contributed by atoms with E-state index in [-0.39, 0.29) is 6.61 Å². The molecule has 0 aliphatic rings. The second kappa shape index (κ2) is 3.79. The molecule has 0 radical (unpaired) electrons. The molecule has 1 heterocycles. The maximum Gasteiger partial charge on any atom is 0.134 e. The summed E-state index contributed by atoms with van der Waals surface area (Å²) in [6.07, 6.45) is 9.22. The van der Waals surface area contributed by atoms with Crippen molar-refractivity contribution < 1.29 is 5.11 Å². The van der Waals surface area contributed by atoms with Crippen LogP contribution in [0.15, 0.2) is 12.4 Å². The fourth-order valence-electron chi connectivity index (χ4n) is 0.880. The molecule has 0 aliphatic carbocycles. The van der Waals surface area contributed by atoms with Gasteiger partial charge in [-0.05, 0) is 0 Å². The number of hydrogen-bond donors (Lipinski definition) is 1. The topological polar surface area (TPSA) is 38.0 Å². The van der Waals surface area contributed by atoms with Crippen LogP contribution in [0.1, 0.15) is 12.2 Å². The summed E-state index contributed by atoms with van der Waals surface area (Å²) in [6.45, 7) is 0.698. The van der Waals surface area contributed by atoms with Gasteiger partial charge in [-0.2, -0.15) is 0 Å². The lowest BCUT2D eigenvalue weighted by atomic mass is 10.4. The molecule has 0 atom stereocenters. The van der Waals surface area contributed by atoms with Crippen molar-refractivity contribution in [1.29, 1.82) is 0 Å². The minimum absolute atomic E-state index is 0.0302. The van der Waals surface area contributed by atoms with Gasteiger partial charge in [0.15, 0.2) is 0 Å². The van der Waals surface area contributed by atoms with Crippen molar-refractivity contribution in [2.24, 2.45) is 0 Å². The van der Waals surface area contributed by atoms with Gasteiger partial charge in [0.25, 0.3) is 0 Å². The highest BCUT2D eigenvalue weighted by atomic mass is 16.3. The number of hydrogen-bond acceptors (Lipinski definition) is 2. The third-order valence-corrected chi connectivity index (χ3v) is 1.44. The van der Waals surface area contributed by atoms with Gasteiger partial charge < -0.3 is 9.67 Å². The highest BCUT2D eigenvalue weighted by Gasteiger charge is 1.97. The smallest absolute Gasteiger partial charge is 0.134 e. The van der Waals surface area contributed by atoms with E-state index >= 15 is 0 Å². The lowest BCUT2D eigenvalue weighted by molar-refractivity contribution is 0.265. The van der Waals surface area contributed by atoms with Crippen LogP contribution in [0.3, 0.4) is 0 Å². The summed E-state index contributed by atoms with van der Waals surface area (Å²) in [4.78, 5) is 3.93. The minimum atomic E-state index is -0.0302. The van der Waals surface area contributed by atoms with Crippen LogP contribution in [0.4, 0.5) is 0 Å². The summed E-state index contributed by atoms with van der Waals surface area (Å²) in [6, 6.07) is 0. The van der Waals surface area contributed by atoms with E-state index in [4.69, 9.17) is 11.5 Å². The summed E-state index contributed by atoms with van der Waals surface area (Å²) in [7, 11) is 0. The van der Waals surface area contributed by atoms with Crippen LogP contribution in [-0.2, 0) is 13.2 Å². The Kier molecular flexibility index (Phi) is 2.70. The third kappa shape index (κ3) is 1.82. The average molecular weight is 150 g/mol. The molecule has 0 saturated heterocycles. The lowest BCUT2D eigenvalue weighted by Gasteiger charge is -2.01. The Labute approximate surface area is 65.7 Å². The first-order valence-corrected chi connectivity index (χ1v) is 3.43. The van der Waals surface area contributed by atoms with Crippen LogP contribution in [0, 0.1) is 12.3 Å². The summed E-state index contributed by atoms with van der Waals surface area (Å²) in [5.41, 5.74) is 0. The predicted molar refractivity (Wildman–Crippen MR) is 41.6 cm³/mol. The van der Waals surface area contributed by atoms with Crippen molar-refractivity contribution in [3.63, 3.8) is 0 Å². The van der Waals surface area contributed by atoms with Gasteiger partial charge in [-0.25, -0.2) is 4.98 Å². The summed E-state index contributed by atoms with van der Waals surface area (Å²) < 4.78 is 1.85. The maximum atomic E-state index is 8.77. The monoisotopic (exact) mass is 150 g/mol. The fraction of sp³-hybridized carbons (Fsp3) is 0.375. The second-order valence-corrected chi connectivity index (χ2v) is 2.15. The van der Waals surface area contributed by atoms with Gasteiger partial charge in [0, 0.05) is 25.4 Å². The molecule has 11 heavy (non-hydrogen) atoms. The summed E-state index contributed by atoms with van der Waals surface area (Å²) in [5.74, 6) is 3.19. The van der Waals surface area contributed by atoms with Crippen molar-refractivity contribution in [3.05, 3.63) is 18.2 Å². The van der Waals surface area contributed by atoms with E-state index in [0.29, 0.717) is 12.2 Å². The van der Waals surface area contributed by atoms with Crippen LogP contribution in [-0.4, -0.2) is 14.7 Å². The molecule has 0 fully saturated rings. The van der Waals surface area contributed by atoms with E-state index in [9.17, 15) is 0 Å². The number of aryl methyl sites for hydroxylation is 1. The molecule has 0 amide bonds. The molecule has 0 aliphatic heterocycles. The summed E-state index contributed by atoms with van der Waals surface area (Å²) in [5, 5.41) is 8.77. The van der Waals surface area contributed by atoms with Gasteiger partial charge in [-0.3, -0.25) is 0 Å². The minimum Gasteiger partial charge on any atom is -0.388 e. The van der Waals surface area contributed by atoms with Crippen LogP contribution < -0.4 is 0 Å². The molecule has 58 valence electrons. The van der Waals surface area contributed by atoms with E-state index in [2.05, 4.69) is 10.9 Å². The third-order valence-electron chi connectivity index (χ3n) is 1.44. The van der Waals surface area contributed by atoms with Crippen LogP contribution >= 0.6 is 0 Å². The van der Waals surface area contributed by atoms with E-state index in [1.165, 1.54) is 0 Å². The molecule has 3 nitrogen and oxygen atoms in total. The quantitative estimate of drug-likeness (QED) is 0.633. The zero-order valence-electron chi connectivity index (χ0n) is 6.20. The predicted octanol–water partition coefficient (Wildman–Crippen LogP) is 0.399. The Morgan fingerprint density at radius 3 is 3.18 bits per heavy atom. The van der Waals surface area contributed by atoms with Crippen LogP contribution in [0.2, 0.25) is 0 Å². The number of rotatable bonds is 3. The Bertz CT molecular complexity index is 259. The van der Waals surface area contributed by atoms with E-state index in [0.717, 1.165) is 6.54 Å². The molecule has 1 rings (SSSR count). The first-order chi connectivity index (χ1) is 5.38. The van der Waals surface area contributed by atoms with Gasteiger partial charge >= 0.3 is 0 Å². The van der Waals surface area contributed by atoms with Gasteiger partial charge in [-0.15, -0.1) is 12.3 Å². The van der Waals surface area contributed by atoms with Gasteiger partial charge in [0.05, 0.1) is 0 Å². The fourth-order valence-corrected chi connectivity index (χ4v) is 0.880. The standard InChI is InChI=1S/C8H10N2O/c1-2-3-5-10-6-4-9-8(10)7-11/h1,4,6,11H,3,5,7H2. The first-order valence-electron chi connectivity index (χ1n) is 3.43. The Hall–Kier alpha value is -1.27. The molecule has 0 aromatic carbocycles. The largest absolute Gasteiger partial charge is 0.388 e. The van der Waals surface area contributed by atoms with Crippen LogP contribution in [0.25, 0.3) is 0 Å². The highest BCUT2D eigenvalue weighted by molar-refractivity contribution is 4.92. The molecule has 0 spiro atoms. The Balaban J connectivity index is 2.62. The number of aromatic nitrogens is 2. The van der Waals surface area contributed by atoms with E-state index in [1.54, 1.807) is 6.20 Å². The Morgan fingerprint density at radius 2 is 2.55 bits per heavy atom. The average Bonchev–Trinajstić information content (AvgIpc) is 2.47. The molecule has 1 aromatic heterocycles. The van der Waals surface area contributed by atoms with Crippen LogP contribution in [0.5, 0.6) is 0 Å². The number of aliphatic hydroxyl groups excluding tert-OH is 1. The second-order valence-electron chi connectivity index (χ2n) is 2.15. The normalized spacial score (nSPS) is 9.45. The van der Waals surface area contributed by atoms with Gasteiger partial charge in [0.1, 0.15) is 12.4 Å². The van der Waals surface area contributed by atoms with Gasteiger partial charge in [-0.1, -0.05) is 0 Å². The van der Waals surface area contributed by atoms with E-state index in [1.807, 2.05) is 10.8 Å². The van der Waals surface area contributed by atoms with Crippen molar-refractivity contribution in [1.82, 2.24) is 9.55 Å². The SMILES string of the molecule is C#CCCn1ccnc1CO.